The van der Waals surface area contributed by atoms with E-state index in [9.17, 15) is 0 Å². The third-order valence-electron chi connectivity index (χ3n) is 4.12. The summed E-state index contributed by atoms with van der Waals surface area (Å²) in [5.74, 6) is 2.42. The zero-order valence-electron chi connectivity index (χ0n) is 9.94. The summed E-state index contributed by atoms with van der Waals surface area (Å²) < 4.78 is 0. The van der Waals surface area contributed by atoms with Crippen LogP contribution >= 0.6 is 0 Å². The zero-order chi connectivity index (χ0) is 9.94. The van der Waals surface area contributed by atoms with Crippen molar-refractivity contribution in [3.63, 3.8) is 0 Å². The van der Waals surface area contributed by atoms with Crippen molar-refractivity contribution in [1.29, 1.82) is 0 Å². The Balaban J connectivity index is 4.51. The summed E-state index contributed by atoms with van der Waals surface area (Å²) in [7, 11) is 0. The van der Waals surface area contributed by atoms with E-state index in [1.807, 2.05) is 0 Å². The first-order valence-corrected chi connectivity index (χ1v) is 5.36. The topological polar surface area (TPSA) is 0 Å². The predicted octanol–water partition coefficient (Wildman–Crippen LogP) is 4.35. The summed E-state index contributed by atoms with van der Waals surface area (Å²) in [6.07, 6.45) is 1.30. The normalized spacial score (nSPS) is 19.8. The fourth-order valence-corrected chi connectivity index (χ4v) is 2.02. The van der Waals surface area contributed by atoms with Gasteiger partial charge in [0.25, 0.3) is 0 Å². The number of rotatable bonds is 4. The Hall–Kier alpha value is 0. The molecule has 0 fully saturated rings. The van der Waals surface area contributed by atoms with E-state index in [-0.39, 0.29) is 0 Å². The summed E-state index contributed by atoms with van der Waals surface area (Å²) in [4.78, 5) is 0. The summed E-state index contributed by atoms with van der Waals surface area (Å²) in [5.41, 5.74) is 0.522. The van der Waals surface area contributed by atoms with Crippen molar-refractivity contribution in [3.05, 3.63) is 0 Å². The third kappa shape index (κ3) is 2.24. The average molecular weight is 170 g/mol. The molecule has 0 radical (unpaired) electrons. The van der Waals surface area contributed by atoms with Crippen molar-refractivity contribution in [2.24, 2.45) is 23.2 Å². The molecule has 0 spiro atoms. The van der Waals surface area contributed by atoms with E-state index in [1.165, 1.54) is 6.42 Å². The van der Waals surface area contributed by atoms with E-state index in [1.54, 1.807) is 0 Å². The van der Waals surface area contributed by atoms with Crippen LogP contribution in [0, 0.1) is 23.2 Å². The Morgan fingerprint density at radius 1 is 1.00 bits per heavy atom. The van der Waals surface area contributed by atoms with Crippen LogP contribution in [0.2, 0.25) is 0 Å². The van der Waals surface area contributed by atoms with Gasteiger partial charge in [0.15, 0.2) is 0 Å². The Kier molecular flexibility index (Phi) is 4.30. The van der Waals surface area contributed by atoms with E-state index in [2.05, 4.69) is 48.5 Å². The summed E-state index contributed by atoms with van der Waals surface area (Å²) in [6.45, 7) is 16.5. The molecule has 0 bridgehead atoms. The van der Waals surface area contributed by atoms with Crippen molar-refractivity contribution in [1.82, 2.24) is 0 Å². The van der Waals surface area contributed by atoms with E-state index < -0.39 is 0 Å². The molecule has 0 N–H and O–H groups in total. The van der Waals surface area contributed by atoms with Gasteiger partial charge in [0.05, 0.1) is 0 Å². The molecule has 0 aliphatic rings. The lowest BCUT2D eigenvalue weighted by atomic mass is 9.64. The second kappa shape index (κ2) is 4.30. The van der Waals surface area contributed by atoms with E-state index in [0.717, 1.165) is 17.8 Å². The number of hydrogen-bond acceptors (Lipinski definition) is 0. The molecule has 0 aromatic rings. The molecule has 0 aliphatic carbocycles. The zero-order valence-corrected chi connectivity index (χ0v) is 9.94. The molecule has 2 atom stereocenters. The lowest BCUT2D eigenvalue weighted by molar-refractivity contribution is 0.0847. The summed E-state index contributed by atoms with van der Waals surface area (Å²) in [5, 5.41) is 0. The monoisotopic (exact) mass is 170 g/mol. The molecule has 0 amide bonds. The Bertz CT molecular complexity index is 124. The average Bonchev–Trinajstić information content (AvgIpc) is 2.01. The molecule has 12 heavy (non-hydrogen) atoms. The molecule has 74 valence electrons. The SMILES string of the molecule is CCC(C)(C(C)C)C(C)C(C)C. The molecular weight excluding hydrogens is 144 g/mol. The van der Waals surface area contributed by atoms with Crippen LogP contribution in [0.15, 0.2) is 0 Å². The fraction of sp³-hybridized carbons (Fsp3) is 1.00. The largest absolute Gasteiger partial charge is 0.0648 e. The van der Waals surface area contributed by atoms with E-state index in [0.29, 0.717) is 5.41 Å². The Morgan fingerprint density at radius 3 is 1.50 bits per heavy atom. The molecule has 2 unspecified atom stereocenters. The maximum Gasteiger partial charge on any atom is -0.0277 e. The molecule has 0 saturated carbocycles. The van der Waals surface area contributed by atoms with Gasteiger partial charge >= 0.3 is 0 Å². The fourth-order valence-electron chi connectivity index (χ4n) is 2.02. The van der Waals surface area contributed by atoms with Crippen LogP contribution in [0.1, 0.15) is 54.9 Å². The maximum absolute atomic E-state index is 2.43. The highest BCUT2D eigenvalue weighted by Crippen LogP contribution is 2.41. The highest BCUT2D eigenvalue weighted by molar-refractivity contribution is 4.83. The lowest BCUT2D eigenvalue weighted by Gasteiger charge is -2.41. The van der Waals surface area contributed by atoms with Gasteiger partial charge in [0.1, 0.15) is 0 Å². The first-order valence-electron chi connectivity index (χ1n) is 5.36. The van der Waals surface area contributed by atoms with Gasteiger partial charge in [-0.3, -0.25) is 0 Å². The van der Waals surface area contributed by atoms with Gasteiger partial charge in [-0.15, -0.1) is 0 Å². The van der Waals surface area contributed by atoms with Crippen molar-refractivity contribution >= 4 is 0 Å². The van der Waals surface area contributed by atoms with Crippen molar-refractivity contribution < 1.29 is 0 Å². The van der Waals surface area contributed by atoms with Crippen LogP contribution < -0.4 is 0 Å². The van der Waals surface area contributed by atoms with Gasteiger partial charge < -0.3 is 0 Å². The maximum atomic E-state index is 2.43. The van der Waals surface area contributed by atoms with Crippen LogP contribution in [-0.2, 0) is 0 Å². The predicted molar refractivity (Wildman–Crippen MR) is 57.2 cm³/mol. The molecule has 0 aromatic heterocycles. The molecule has 0 saturated heterocycles. The number of hydrogen-bond donors (Lipinski definition) is 0. The van der Waals surface area contributed by atoms with Gasteiger partial charge in [-0.05, 0) is 23.2 Å². The molecule has 0 heterocycles. The molecule has 0 aliphatic heterocycles. The molecule has 0 aromatic carbocycles. The van der Waals surface area contributed by atoms with E-state index in [4.69, 9.17) is 0 Å². The second-order valence-electron chi connectivity index (χ2n) is 5.05. The Morgan fingerprint density at radius 2 is 1.42 bits per heavy atom. The first kappa shape index (κ1) is 12.0. The molecule has 0 nitrogen and oxygen atoms in total. The first-order chi connectivity index (χ1) is 5.36. The van der Waals surface area contributed by atoms with Crippen LogP contribution in [0.25, 0.3) is 0 Å². The molecule has 0 rings (SSSR count). The van der Waals surface area contributed by atoms with Crippen molar-refractivity contribution in [2.45, 2.75) is 54.9 Å². The highest BCUT2D eigenvalue weighted by Gasteiger charge is 2.33. The molecular formula is C12H26. The van der Waals surface area contributed by atoms with Gasteiger partial charge in [-0.2, -0.15) is 0 Å². The van der Waals surface area contributed by atoms with Crippen LogP contribution in [-0.4, -0.2) is 0 Å². The van der Waals surface area contributed by atoms with Crippen LogP contribution in [0.5, 0.6) is 0 Å². The van der Waals surface area contributed by atoms with Gasteiger partial charge in [-0.1, -0.05) is 54.9 Å². The highest BCUT2D eigenvalue weighted by atomic mass is 14.4. The van der Waals surface area contributed by atoms with Crippen molar-refractivity contribution in [2.75, 3.05) is 0 Å². The molecule has 0 heteroatoms. The lowest BCUT2D eigenvalue weighted by Crippen LogP contribution is -2.33. The van der Waals surface area contributed by atoms with Crippen molar-refractivity contribution in [3.8, 4) is 0 Å². The van der Waals surface area contributed by atoms with E-state index >= 15 is 0 Å². The minimum atomic E-state index is 0.522. The minimum absolute atomic E-state index is 0.522. The summed E-state index contributed by atoms with van der Waals surface area (Å²) >= 11 is 0. The Labute approximate surface area is 78.8 Å². The second-order valence-corrected chi connectivity index (χ2v) is 5.05. The third-order valence-corrected chi connectivity index (χ3v) is 4.12. The standard InChI is InChI=1S/C12H26/c1-8-12(7,10(4)5)11(6)9(2)3/h9-11H,8H2,1-7H3. The summed E-state index contributed by atoms with van der Waals surface area (Å²) in [6, 6.07) is 0. The van der Waals surface area contributed by atoms with Crippen LogP contribution in [0.3, 0.4) is 0 Å². The van der Waals surface area contributed by atoms with Crippen LogP contribution in [0.4, 0.5) is 0 Å². The quantitative estimate of drug-likeness (QED) is 0.588. The van der Waals surface area contributed by atoms with Gasteiger partial charge in [-0.25, -0.2) is 0 Å². The minimum Gasteiger partial charge on any atom is -0.0648 e. The van der Waals surface area contributed by atoms with Gasteiger partial charge in [0, 0.05) is 0 Å². The van der Waals surface area contributed by atoms with Gasteiger partial charge in [0.2, 0.25) is 0 Å². The smallest absolute Gasteiger partial charge is 0.0277 e.